The van der Waals surface area contributed by atoms with Crippen LogP contribution in [0.2, 0.25) is 5.02 Å². The summed E-state index contributed by atoms with van der Waals surface area (Å²) in [6.07, 6.45) is 0. The first-order valence-corrected chi connectivity index (χ1v) is 10.6. The molecule has 0 heterocycles. The van der Waals surface area contributed by atoms with Gasteiger partial charge in [-0.2, -0.15) is 0 Å². The van der Waals surface area contributed by atoms with E-state index in [4.69, 9.17) is 11.6 Å². The van der Waals surface area contributed by atoms with Crippen LogP contribution in [0.3, 0.4) is 0 Å². The molecule has 26 heavy (non-hydrogen) atoms. The summed E-state index contributed by atoms with van der Waals surface area (Å²) in [6.45, 7) is 9.45. The summed E-state index contributed by atoms with van der Waals surface area (Å²) < 4.78 is 25.9. The molecular weight excluding hydrogens is 487 g/mol. The van der Waals surface area contributed by atoms with Crippen molar-refractivity contribution in [1.82, 2.24) is 14.9 Å². The topological polar surface area (TPSA) is 73.8 Å². The Bertz CT molecular complexity index is 666. The molecular formula is C17H30ClIN4O2S. The van der Waals surface area contributed by atoms with Crippen molar-refractivity contribution in [1.29, 1.82) is 0 Å². The second-order valence-electron chi connectivity index (χ2n) is 5.55. The predicted octanol–water partition coefficient (Wildman–Crippen LogP) is 3.25. The zero-order chi connectivity index (χ0) is 18.9. The SMILES string of the molecule is CCNC(=NCCS(=O)(=O)N(CC)CC)NC(C)c1ccccc1Cl.I. The lowest BCUT2D eigenvalue weighted by atomic mass is 10.1. The maximum atomic E-state index is 12.2. The molecule has 0 bridgehead atoms. The van der Waals surface area contributed by atoms with Crippen LogP contribution < -0.4 is 10.6 Å². The highest BCUT2D eigenvalue weighted by Crippen LogP contribution is 2.21. The van der Waals surface area contributed by atoms with E-state index in [0.717, 1.165) is 5.56 Å². The Hall–Kier alpha value is -0.580. The van der Waals surface area contributed by atoms with Crippen molar-refractivity contribution < 1.29 is 8.42 Å². The fourth-order valence-electron chi connectivity index (χ4n) is 2.45. The molecule has 0 fully saturated rings. The van der Waals surface area contributed by atoms with Crippen molar-refractivity contribution in [3.63, 3.8) is 0 Å². The first-order chi connectivity index (χ1) is 11.9. The Labute approximate surface area is 179 Å². The van der Waals surface area contributed by atoms with Crippen molar-refractivity contribution in [3.8, 4) is 0 Å². The summed E-state index contributed by atoms with van der Waals surface area (Å²) in [5, 5.41) is 7.08. The summed E-state index contributed by atoms with van der Waals surface area (Å²) >= 11 is 6.23. The molecule has 0 radical (unpaired) electrons. The Morgan fingerprint density at radius 3 is 2.38 bits per heavy atom. The molecule has 1 aromatic carbocycles. The van der Waals surface area contributed by atoms with Crippen LogP contribution in [0.25, 0.3) is 0 Å². The summed E-state index contributed by atoms with van der Waals surface area (Å²) in [5.41, 5.74) is 0.963. The molecule has 1 unspecified atom stereocenters. The van der Waals surface area contributed by atoms with Crippen LogP contribution in [0.4, 0.5) is 0 Å². The molecule has 1 atom stereocenters. The molecule has 1 rings (SSSR count). The maximum absolute atomic E-state index is 12.2. The molecule has 0 aliphatic heterocycles. The maximum Gasteiger partial charge on any atom is 0.215 e. The van der Waals surface area contributed by atoms with Gasteiger partial charge in [-0.05, 0) is 25.5 Å². The number of hydrogen-bond acceptors (Lipinski definition) is 3. The first kappa shape index (κ1) is 25.4. The van der Waals surface area contributed by atoms with Crippen LogP contribution in [0.15, 0.2) is 29.3 Å². The monoisotopic (exact) mass is 516 g/mol. The minimum absolute atomic E-state index is 0. The molecule has 0 saturated carbocycles. The van der Waals surface area contributed by atoms with E-state index in [1.54, 1.807) is 0 Å². The van der Waals surface area contributed by atoms with E-state index >= 15 is 0 Å². The fourth-order valence-corrected chi connectivity index (χ4v) is 4.11. The van der Waals surface area contributed by atoms with E-state index in [9.17, 15) is 8.42 Å². The molecule has 150 valence electrons. The molecule has 0 aromatic heterocycles. The van der Waals surface area contributed by atoms with Gasteiger partial charge in [0.25, 0.3) is 0 Å². The van der Waals surface area contributed by atoms with Gasteiger partial charge in [0.2, 0.25) is 10.0 Å². The third kappa shape index (κ3) is 7.98. The summed E-state index contributed by atoms with van der Waals surface area (Å²) in [5.74, 6) is 0.566. The highest BCUT2D eigenvalue weighted by atomic mass is 127. The van der Waals surface area contributed by atoms with Crippen LogP contribution in [0, 0.1) is 0 Å². The van der Waals surface area contributed by atoms with Gasteiger partial charge in [0.05, 0.1) is 18.3 Å². The van der Waals surface area contributed by atoms with Crippen molar-refractivity contribution in [2.45, 2.75) is 33.7 Å². The van der Waals surface area contributed by atoms with E-state index in [2.05, 4.69) is 15.6 Å². The van der Waals surface area contributed by atoms with E-state index in [1.165, 1.54) is 4.31 Å². The Balaban J connectivity index is 0.00000625. The Morgan fingerprint density at radius 2 is 1.85 bits per heavy atom. The number of guanidine groups is 1. The van der Waals surface area contributed by atoms with Crippen molar-refractivity contribution in [2.75, 3.05) is 31.9 Å². The zero-order valence-corrected chi connectivity index (χ0v) is 19.7. The van der Waals surface area contributed by atoms with Crippen molar-refractivity contribution >= 4 is 51.6 Å². The van der Waals surface area contributed by atoms with E-state index in [0.29, 0.717) is 30.6 Å². The van der Waals surface area contributed by atoms with Gasteiger partial charge >= 0.3 is 0 Å². The Morgan fingerprint density at radius 1 is 1.23 bits per heavy atom. The average Bonchev–Trinajstić information content (AvgIpc) is 2.56. The minimum Gasteiger partial charge on any atom is -0.357 e. The number of halogens is 2. The third-order valence-corrected chi connectivity index (χ3v) is 6.13. The second-order valence-corrected chi connectivity index (χ2v) is 8.04. The summed E-state index contributed by atoms with van der Waals surface area (Å²) in [6, 6.07) is 7.56. The van der Waals surface area contributed by atoms with Crippen molar-refractivity contribution in [2.24, 2.45) is 4.99 Å². The first-order valence-electron chi connectivity index (χ1n) is 8.62. The summed E-state index contributed by atoms with van der Waals surface area (Å²) in [4.78, 5) is 4.39. The summed E-state index contributed by atoms with van der Waals surface area (Å²) in [7, 11) is -3.27. The van der Waals surface area contributed by atoms with Gasteiger partial charge < -0.3 is 10.6 Å². The molecule has 9 heteroatoms. The van der Waals surface area contributed by atoms with E-state index in [-0.39, 0.29) is 42.3 Å². The molecule has 0 saturated heterocycles. The van der Waals surface area contributed by atoms with Crippen molar-refractivity contribution in [3.05, 3.63) is 34.9 Å². The standard InChI is InChI=1S/C17H29ClN4O2S.HI/c1-5-19-17(20-12-13-25(23,24)22(6-2)7-3)21-14(4)15-10-8-9-11-16(15)18;/h8-11,14H,5-7,12-13H2,1-4H3,(H2,19,20,21);1H. The molecule has 0 aliphatic rings. The van der Waals surface area contributed by atoms with Gasteiger partial charge in [-0.25, -0.2) is 12.7 Å². The smallest absolute Gasteiger partial charge is 0.215 e. The number of benzene rings is 1. The molecule has 6 nitrogen and oxygen atoms in total. The van der Waals surface area contributed by atoms with Crippen LogP contribution in [0.5, 0.6) is 0 Å². The van der Waals surface area contributed by atoms with Gasteiger partial charge in [-0.1, -0.05) is 43.6 Å². The van der Waals surface area contributed by atoms with Gasteiger partial charge in [0, 0.05) is 24.7 Å². The molecule has 0 spiro atoms. The molecule has 0 aliphatic carbocycles. The highest BCUT2D eigenvalue weighted by Gasteiger charge is 2.18. The van der Waals surface area contributed by atoms with Gasteiger partial charge in [0.15, 0.2) is 5.96 Å². The van der Waals surface area contributed by atoms with Crippen LogP contribution in [-0.2, 0) is 10.0 Å². The lowest BCUT2D eigenvalue weighted by Crippen LogP contribution is -2.39. The largest absolute Gasteiger partial charge is 0.357 e. The molecule has 2 N–H and O–H groups in total. The zero-order valence-electron chi connectivity index (χ0n) is 15.8. The van der Waals surface area contributed by atoms with E-state index in [1.807, 2.05) is 52.0 Å². The number of rotatable bonds is 9. The lowest BCUT2D eigenvalue weighted by molar-refractivity contribution is 0.445. The number of nitrogens with one attached hydrogen (secondary N) is 2. The van der Waals surface area contributed by atoms with Gasteiger partial charge in [0.1, 0.15) is 0 Å². The normalized spacial score (nSPS) is 13.2. The fraction of sp³-hybridized carbons (Fsp3) is 0.588. The molecule has 1 aromatic rings. The average molecular weight is 517 g/mol. The lowest BCUT2D eigenvalue weighted by Gasteiger charge is -2.20. The van der Waals surface area contributed by atoms with Gasteiger partial charge in [-0.3, -0.25) is 4.99 Å². The van der Waals surface area contributed by atoms with Crippen LogP contribution in [0.1, 0.15) is 39.3 Å². The van der Waals surface area contributed by atoms with Crippen LogP contribution >= 0.6 is 35.6 Å². The Kier molecular flexibility index (Phi) is 12.5. The highest BCUT2D eigenvalue weighted by molar-refractivity contribution is 14.0. The minimum atomic E-state index is -3.27. The molecule has 0 amide bonds. The quantitative estimate of drug-likeness (QED) is 0.300. The third-order valence-electron chi connectivity index (χ3n) is 3.79. The second kappa shape index (κ2) is 12.7. The number of aliphatic imine (C=N–C) groups is 1. The van der Waals surface area contributed by atoms with Crippen LogP contribution in [-0.4, -0.2) is 50.6 Å². The van der Waals surface area contributed by atoms with Gasteiger partial charge in [-0.15, -0.1) is 24.0 Å². The number of sulfonamides is 1. The van der Waals surface area contributed by atoms with E-state index < -0.39 is 10.0 Å². The predicted molar refractivity (Wildman–Crippen MR) is 121 cm³/mol. The number of nitrogens with zero attached hydrogens (tertiary/aromatic N) is 2. The number of hydrogen-bond donors (Lipinski definition) is 2.